The molecule has 0 saturated heterocycles. The minimum Gasteiger partial charge on any atom is -0.385 e. The van der Waals surface area contributed by atoms with Crippen LogP contribution in [0.5, 0.6) is 0 Å². The minimum absolute atomic E-state index is 0.687. The summed E-state index contributed by atoms with van der Waals surface area (Å²) in [6.07, 6.45) is 6.11. The Morgan fingerprint density at radius 3 is 2.57 bits per heavy atom. The van der Waals surface area contributed by atoms with Gasteiger partial charge in [-0.2, -0.15) is 0 Å². The Bertz CT molecular complexity index is 298. The van der Waals surface area contributed by atoms with E-state index in [1.807, 2.05) is 26.1 Å². The van der Waals surface area contributed by atoms with Crippen molar-refractivity contribution in [2.75, 3.05) is 0 Å². The summed E-state index contributed by atoms with van der Waals surface area (Å²) in [5.41, 5.74) is 1.36. The molecule has 2 nitrogen and oxygen atoms in total. The van der Waals surface area contributed by atoms with Crippen LogP contribution in [-0.4, -0.2) is 10.1 Å². The Morgan fingerprint density at radius 2 is 2.07 bits per heavy atom. The van der Waals surface area contributed by atoms with E-state index in [0.29, 0.717) is 0 Å². The lowest BCUT2D eigenvalue weighted by molar-refractivity contribution is 0.0222. The highest BCUT2D eigenvalue weighted by Gasteiger charge is 2.26. The fourth-order valence-electron chi connectivity index (χ4n) is 1.75. The van der Waals surface area contributed by atoms with Gasteiger partial charge < -0.3 is 5.11 Å². The molecule has 0 amide bonds. The summed E-state index contributed by atoms with van der Waals surface area (Å²) < 4.78 is 0. The van der Waals surface area contributed by atoms with E-state index >= 15 is 0 Å². The zero-order valence-electron chi connectivity index (χ0n) is 9.25. The number of hydrogen-bond acceptors (Lipinski definition) is 2. The molecule has 0 aliphatic heterocycles. The van der Waals surface area contributed by atoms with E-state index < -0.39 is 5.60 Å². The van der Waals surface area contributed by atoms with Crippen molar-refractivity contribution < 1.29 is 5.11 Å². The van der Waals surface area contributed by atoms with Crippen LogP contribution in [0.2, 0.25) is 0 Å². The molecular formula is C12H19NO. The molecule has 0 spiro atoms. The highest BCUT2D eigenvalue weighted by Crippen LogP contribution is 2.29. The van der Waals surface area contributed by atoms with Gasteiger partial charge in [-0.25, -0.2) is 0 Å². The monoisotopic (exact) mass is 193 g/mol. The lowest BCUT2D eigenvalue weighted by Crippen LogP contribution is -2.24. The predicted molar refractivity (Wildman–Crippen MR) is 58.1 cm³/mol. The number of pyridine rings is 1. The van der Waals surface area contributed by atoms with Crippen molar-refractivity contribution in [3.8, 4) is 0 Å². The van der Waals surface area contributed by atoms with Gasteiger partial charge >= 0.3 is 0 Å². The molecule has 78 valence electrons. The Morgan fingerprint density at radius 1 is 1.36 bits per heavy atom. The molecular weight excluding hydrogens is 174 g/mol. The van der Waals surface area contributed by atoms with Crippen molar-refractivity contribution in [1.29, 1.82) is 0 Å². The second-order valence-electron chi connectivity index (χ2n) is 3.89. The zero-order chi connectivity index (χ0) is 10.6. The number of aryl methyl sites for hydroxylation is 1. The van der Waals surface area contributed by atoms with Crippen LogP contribution < -0.4 is 0 Å². The fourth-order valence-corrected chi connectivity index (χ4v) is 1.75. The van der Waals surface area contributed by atoms with Crippen molar-refractivity contribution in [2.24, 2.45) is 0 Å². The highest BCUT2D eigenvalue weighted by atomic mass is 16.3. The topological polar surface area (TPSA) is 33.1 Å². The number of rotatable bonds is 4. The van der Waals surface area contributed by atoms with Crippen molar-refractivity contribution in [3.05, 3.63) is 29.6 Å². The maximum atomic E-state index is 10.4. The summed E-state index contributed by atoms with van der Waals surface area (Å²) in [4.78, 5) is 4.12. The minimum atomic E-state index is -0.687. The second kappa shape index (κ2) is 4.56. The lowest BCUT2D eigenvalue weighted by atomic mass is 9.87. The summed E-state index contributed by atoms with van der Waals surface area (Å²) in [6.45, 7) is 6.10. The molecule has 1 N–H and O–H groups in total. The van der Waals surface area contributed by atoms with E-state index in [-0.39, 0.29) is 0 Å². The highest BCUT2D eigenvalue weighted by molar-refractivity contribution is 5.22. The number of aromatic nitrogens is 1. The van der Waals surface area contributed by atoms with E-state index in [9.17, 15) is 5.11 Å². The van der Waals surface area contributed by atoms with Crippen molar-refractivity contribution in [1.82, 2.24) is 4.98 Å². The van der Waals surface area contributed by atoms with Crippen LogP contribution in [0.3, 0.4) is 0 Å². The Hall–Kier alpha value is -0.890. The molecule has 0 bridgehead atoms. The van der Waals surface area contributed by atoms with Crippen molar-refractivity contribution in [2.45, 2.75) is 45.6 Å². The third-order valence-electron chi connectivity index (χ3n) is 2.66. The van der Waals surface area contributed by atoms with E-state index in [2.05, 4.69) is 11.9 Å². The van der Waals surface area contributed by atoms with Gasteiger partial charge in [0, 0.05) is 18.0 Å². The number of hydrogen-bond donors (Lipinski definition) is 1. The van der Waals surface area contributed by atoms with Gasteiger partial charge in [0.05, 0.1) is 5.60 Å². The Balaban J connectivity index is 2.99. The van der Waals surface area contributed by atoms with E-state index in [0.717, 1.165) is 30.4 Å². The van der Waals surface area contributed by atoms with E-state index in [4.69, 9.17) is 0 Å². The first-order chi connectivity index (χ1) is 6.62. The van der Waals surface area contributed by atoms with Gasteiger partial charge in [-0.1, -0.05) is 26.3 Å². The first kappa shape index (κ1) is 11.2. The quantitative estimate of drug-likeness (QED) is 0.797. The molecule has 0 aliphatic carbocycles. The van der Waals surface area contributed by atoms with Crippen LogP contribution in [0.4, 0.5) is 0 Å². The molecule has 0 aliphatic rings. The molecule has 1 aromatic heterocycles. The van der Waals surface area contributed by atoms with Gasteiger partial charge in [0.25, 0.3) is 0 Å². The molecule has 0 radical (unpaired) electrons. The summed E-state index contributed by atoms with van der Waals surface area (Å²) >= 11 is 0. The SMILES string of the molecule is CCCC(O)(CC)c1cncc(C)c1. The van der Waals surface area contributed by atoms with Crippen LogP contribution >= 0.6 is 0 Å². The zero-order valence-corrected chi connectivity index (χ0v) is 9.25. The molecule has 1 heterocycles. The van der Waals surface area contributed by atoms with Crippen molar-refractivity contribution >= 4 is 0 Å². The molecule has 0 fully saturated rings. The molecule has 1 aromatic rings. The summed E-state index contributed by atoms with van der Waals surface area (Å²) in [5.74, 6) is 0. The van der Waals surface area contributed by atoms with Gasteiger partial charge in [0.2, 0.25) is 0 Å². The predicted octanol–water partition coefficient (Wildman–Crippen LogP) is 2.79. The smallest absolute Gasteiger partial charge is 0.0908 e. The molecule has 2 heteroatoms. The average Bonchev–Trinajstić information content (AvgIpc) is 2.18. The summed E-state index contributed by atoms with van der Waals surface area (Å²) in [6, 6.07) is 2.02. The molecule has 14 heavy (non-hydrogen) atoms. The standard InChI is InChI=1S/C12H19NO/c1-4-6-12(14,5-2)11-7-10(3)8-13-9-11/h7-9,14H,4-6H2,1-3H3. The van der Waals surface area contributed by atoms with E-state index in [1.54, 1.807) is 6.20 Å². The van der Waals surface area contributed by atoms with Crippen LogP contribution in [-0.2, 0) is 5.60 Å². The Kier molecular flexibility index (Phi) is 3.64. The Labute approximate surface area is 86.0 Å². The summed E-state index contributed by atoms with van der Waals surface area (Å²) in [7, 11) is 0. The third-order valence-corrected chi connectivity index (χ3v) is 2.66. The third kappa shape index (κ3) is 2.32. The molecule has 1 atom stereocenters. The van der Waals surface area contributed by atoms with Crippen LogP contribution in [0, 0.1) is 6.92 Å². The van der Waals surface area contributed by atoms with Gasteiger partial charge in [-0.3, -0.25) is 4.98 Å². The maximum Gasteiger partial charge on any atom is 0.0908 e. The fraction of sp³-hybridized carbons (Fsp3) is 0.583. The van der Waals surface area contributed by atoms with Gasteiger partial charge in [0.15, 0.2) is 0 Å². The van der Waals surface area contributed by atoms with Gasteiger partial charge in [-0.05, 0) is 25.3 Å². The van der Waals surface area contributed by atoms with Crippen LogP contribution in [0.1, 0.15) is 44.2 Å². The molecule has 1 unspecified atom stereocenters. The number of aliphatic hydroxyl groups is 1. The normalized spacial score (nSPS) is 15.1. The van der Waals surface area contributed by atoms with Crippen molar-refractivity contribution in [3.63, 3.8) is 0 Å². The first-order valence-electron chi connectivity index (χ1n) is 5.27. The number of nitrogens with zero attached hydrogens (tertiary/aromatic N) is 1. The largest absolute Gasteiger partial charge is 0.385 e. The van der Waals surface area contributed by atoms with Crippen LogP contribution in [0.25, 0.3) is 0 Å². The van der Waals surface area contributed by atoms with Gasteiger partial charge in [-0.15, -0.1) is 0 Å². The molecule has 0 saturated carbocycles. The van der Waals surface area contributed by atoms with E-state index in [1.165, 1.54) is 0 Å². The van der Waals surface area contributed by atoms with Gasteiger partial charge in [0.1, 0.15) is 0 Å². The molecule has 1 rings (SSSR count). The second-order valence-corrected chi connectivity index (χ2v) is 3.89. The summed E-state index contributed by atoms with van der Waals surface area (Å²) in [5, 5.41) is 10.4. The average molecular weight is 193 g/mol. The molecule has 0 aromatic carbocycles. The maximum absolute atomic E-state index is 10.4. The first-order valence-corrected chi connectivity index (χ1v) is 5.27. The lowest BCUT2D eigenvalue weighted by Gasteiger charge is -2.26. The van der Waals surface area contributed by atoms with Crippen LogP contribution in [0.15, 0.2) is 18.5 Å².